The fourth-order valence-corrected chi connectivity index (χ4v) is 4.44. The summed E-state index contributed by atoms with van der Waals surface area (Å²) in [5.41, 5.74) is 3.24. The van der Waals surface area contributed by atoms with Crippen LogP contribution in [-0.2, 0) is 9.47 Å². The molecule has 3 fully saturated rings. The van der Waals surface area contributed by atoms with Crippen LogP contribution in [0.15, 0.2) is 0 Å². The molecular weight excluding hydrogens is 240 g/mol. The van der Waals surface area contributed by atoms with Gasteiger partial charge in [0.15, 0.2) is 0 Å². The molecule has 0 bridgehead atoms. The van der Waals surface area contributed by atoms with E-state index in [9.17, 15) is 0 Å². The van der Waals surface area contributed by atoms with Gasteiger partial charge in [-0.25, -0.2) is 0 Å². The van der Waals surface area contributed by atoms with E-state index in [1.807, 2.05) is 0 Å². The van der Waals surface area contributed by atoms with Gasteiger partial charge in [0.25, 0.3) is 0 Å². The van der Waals surface area contributed by atoms with Crippen molar-refractivity contribution >= 4 is 0 Å². The van der Waals surface area contributed by atoms with Crippen molar-refractivity contribution < 1.29 is 9.47 Å². The number of rotatable bonds is 3. The first kappa shape index (κ1) is 13.8. The Bertz CT molecular complexity index is 280. The molecule has 3 N–H and O–H groups in total. The lowest BCUT2D eigenvalue weighted by Gasteiger charge is -2.46. The Balaban J connectivity index is 1.65. The summed E-state index contributed by atoms with van der Waals surface area (Å²) < 4.78 is 11.6. The summed E-state index contributed by atoms with van der Waals surface area (Å²) in [6.07, 6.45) is 9.91. The molecule has 2 atom stereocenters. The standard InChI is InChI=1S/C15H28N2O2/c16-17-14(12-3-1-2-4-12)13-5-8-19-15(11-13)6-9-18-10-7-15/h12-14,17H,1-11,16H2. The van der Waals surface area contributed by atoms with Crippen molar-refractivity contribution in [3.8, 4) is 0 Å². The molecule has 4 nitrogen and oxygen atoms in total. The highest BCUT2D eigenvalue weighted by Gasteiger charge is 2.42. The predicted molar refractivity (Wildman–Crippen MR) is 74.5 cm³/mol. The average Bonchev–Trinajstić information content (AvgIpc) is 2.95. The highest BCUT2D eigenvalue weighted by molar-refractivity contribution is 4.94. The maximum absolute atomic E-state index is 6.15. The van der Waals surface area contributed by atoms with Gasteiger partial charge in [0.05, 0.1) is 5.60 Å². The molecule has 2 saturated heterocycles. The Morgan fingerprint density at radius 3 is 2.42 bits per heavy atom. The molecule has 110 valence electrons. The quantitative estimate of drug-likeness (QED) is 0.607. The zero-order valence-corrected chi connectivity index (χ0v) is 11.9. The summed E-state index contributed by atoms with van der Waals surface area (Å²) >= 11 is 0. The number of nitrogens with one attached hydrogen (secondary N) is 1. The van der Waals surface area contributed by atoms with Crippen LogP contribution < -0.4 is 11.3 Å². The summed E-state index contributed by atoms with van der Waals surface area (Å²) in [5.74, 6) is 7.35. The Morgan fingerprint density at radius 2 is 1.74 bits per heavy atom. The van der Waals surface area contributed by atoms with Crippen molar-refractivity contribution in [2.75, 3.05) is 19.8 Å². The first-order valence-corrected chi connectivity index (χ1v) is 8.01. The maximum Gasteiger partial charge on any atom is 0.0729 e. The summed E-state index contributed by atoms with van der Waals surface area (Å²) in [5, 5.41) is 0. The van der Waals surface area contributed by atoms with Crippen LogP contribution in [0.4, 0.5) is 0 Å². The average molecular weight is 268 g/mol. The van der Waals surface area contributed by atoms with E-state index < -0.39 is 0 Å². The monoisotopic (exact) mass is 268 g/mol. The van der Waals surface area contributed by atoms with E-state index in [2.05, 4.69) is 5.43 Å². The third-order valence-corrected chi connectivity index (χ3v) is 5.54. The number of hydrazine groups is 1. The van der Waals surface area contributed by atoms with Crippen LogP contribution in [-0.4, -0.2) is 31.5 Å². The highest BCUT2D eigenvalue weighted by Crippen LogP contribution is 2.41. The lowest BCUT2D eigenvalue weighted by molar-refractivity contribution is -0.151. The van der Waals surface area contributed by atoms with Crippen LogP contribution in [0.1, 0.15) is 51.4 Å². The molecule has 3 aliphatic rings. The molecule has 2 aliphatic heterocycles. The van der Waals surface area contributed by atoms with Crippen molar-refractivity contribution in [2.45, 2.75) is 63.0 Å². The Labute approximate surface area is 116 Å². The van der Waals surface area contributed by atoms with E-state index in [-0.39, 0.29) is 5.60 Å². The van der Waals surface area contributed by atoms with E-state index in [0.717, 1.165) is 45.0 Å². The summed E-state index contributed by atoms with van der Waals surface area (Å²) in [4.78, 5) is 0. The molecule has 1 saturated carbocycles. The second kappa shape index (κ2) is 6.08. The van der Waals surface area contributed by atoms with Gasteiger partial charge in [-0.15, -0.1) is 0 Å². The summed E-state index contributed by atoms with van der Waals surface area (Å²) in [7, 11) is 0. The van der Waals surface area contributed by atoms with Crippen LogP contribution in [0.25, 0.3) is 0 Å². The summed E-state index contributed by atoms with van der Waals surface area (Å²) in [6.45, 7) is 2.61. The molecule has 2 unspecified atom stereocenters. The summed E-state index contributed by atoms with van der Waals surface area (Å²) in [6, 6.07) is 0.492. The highest BCUT2D eigenvalue weighted by atomic mass is 16.5. The molecular formula is C15H28N2O2. The topological polar surface area (TPSA) is 56.5 Å². The normalized spacial score (nSPS) is 33.6. The molecule has 2 heterocycles. The molecule has 0 aromatic rings. The molecule has 3 rings (SSSR count). The molecule has 0 aromatic carbocycles. The first-order chi connectivity index (χ1) is 9.33. The molecule has 19 heavy (non-hydrogen) atoms. The molecule has 1 spiro atoms. The van der Waals surface area contributed by atoms with Crippen LogP contribution in [0.3, 0.4) is 0 Å². The van der Waals surface area contributed by atoms with E-state index >= 15 is 0 Å². The van der Waals surface area contributed by atoms with Crippen molar-refractivity contribution in [3.05, 3.63) is 0 Å². The molecule has 0 aromatic heterocycles. The Kier molecular flexibility index (Phi) is 4.42. The third kappa shape index (κ3) is 2.97. The van der Waals surface area contributed by atoms with Crippen LogP contribution in [0.2, 0.25) is 0 Å². The predicted octanol–water partition coefficient (Wildman–Crippen LogP) is 1.98. The van der Waals surface area contributed by atoms with Gasteiger partial charge < -0.3 is 9.47 Å². The number of hydrogen-bond acceptors (Lipinski definition) is 4. The molecule has 0 amide bonds. The van der Waals surface area contributed by atoms with Crippen molar-refractivity contribution in [1.82, 2.24) is 5.43 Å². The van der Waals surface area contributed by atoms with Crippen LogP contribution in [0, 0.1) is 11.8 Å². The Hall–Kier alpha value is -0.160. The van der Waals surface area contributed by atoms with Gasteiger partial charge in [-0.1, -0.05) is 12.8 Å². The smallest absolute Gasteiger partial charge is 0.0729 e. The first-order valence-electron chi connectivity index (χ1n) is 8.01. The fourth-order valence-electron chi connectivity index (χ4n) is 4.44. The maximum atomic E-state index is 6.15. The minimum absolute atomic E-state index is 0.0921. The van der Waals surface area contributed by atoms with Gasteiger partial charge in [-0.05, 0) is 50.4 Å². The van der Waals surface area contributed by atoms with Gasteiger partial charge in [0.2, 0.25) is 0 Å². The zero-order chi connectivity index (χ0) is 13.1. The van der Waals surface area contributed by atoms with E-state index in [4.69, 9.17) is 15.3 Å². The van der Waals surface area contributed by atoms with E-state index in [1.54, 1.807) is 0 Å². The molecule has 0 radical (unpaired) electrons. The third-order valence-electron chi connectivity index (χ3n) is 5.54. The van der Waals surface area contributed by atoms with E-state index in [1.165, 1.54) is 32.1 Å². The largest absolute Gasteiger partial charge is 0.381 e. The number of nitrogens with two attached hydrogens (primary N) is 1. The molecule has 1 aliphatic carbocycles. The number of hydrogen-bond donors (Lipinski definition) is 2. The Morgan fingerprint density at radius 1 is 1.00 bits per heavy atom. The van der Waals surface area contributed by atoms with Crippen molar-refractivity contribution in [3.63, 3.8) is 0 Å². The van der Waals surface area contributed by atoms with Crippen LogP contribution in [0.5, 0.6) is 0 Å². The molecule has 4 heteroatoms. The van der Waals surface area contributed by atoms with Crippen LogP contribution >= 0.6 is 0 Å². The van der Waals surface area contributed by atoms with Crippen molar-refractivity contribution in [2.24, 2.45) is 17.7 Å². The zero-order valence-electron chi connectivity index (χ0n) is 11.9. The van der Waals surface area contributed by atoms with E-state index in [0.29, 0.717) is 12.0 Å². The number of ether oxygens (including phenoxy) is 2. The minimum atomic E-state index is 0.0921. The van der Waals surface area contributed by atoms with Gasteiger partial charge >= 0.3 is 0 Å². The lowest BCUT2D eigenvalue weighted by atomic mass is 9.74. The lowest BCUT2D eigenvalue weighted by Crippen LogP contribution is -2.52. The second-order valence-electron chi connectivity index (χ2n) is 6.63. The van der Waals surface area contributed by atoms with Gasteiger partial charge in [-0.2, -0.15) is 0 Å². The fraction of sp³-hybridized carbons (Fsp3) is 1.00. The van der Waals surface area contributed by atoms with Crippen molar-refractivity contribution in [1.29, 1.82) is 0 Å². The SMILES string of the molecule is NNC(C1CCCC1)C1CCOC2(CCOCC2)C1. The van der Waals surface area contributed by atoms with Gasteiger partial charge in [0.1, 0.15) is 0 Å². The van der Waals surface area contributed by atoms with Gasteiger partial charge in [-0.3, -0.25) is 11.3 Å². The minimum Gasteiger partial charge on any atom is -0.381 e. The second-order valence-corrected chi connectivity index (χ2v) is 6.63. The van der Waals surface area contributed by atoms with Gasteiger partial charge in [0, 0.05) is 25.9 Å².